The molecule has 0 spiro atoms. The Balaban J connectivity index is 2.42. The maximum absolute atomic E-state index is 13.5. The third-order valence-corrected chi connectivity index (χ3v) is 3.40. The largest absolute Gasteiger partial charge is 0.467 e. The van der Waals surface area contributed by atoms with Crippen LogP contribution >= 0.6 is 0 Å². The van der Waals surface area contributed by atoms with Crippen LogP contribution in [-0.4, -0.2) is 50.1 Å². The number of esters is 2. The summed E-state index contributed by atoms with van der Waals surface area (Å²) in [7, 11) is 1.21. The topological polar surface area (TPSA) is 111 Å². The molecule has 1 aromatic carbocycles. The summed E-state index contributed by atoms with van der Waals surface area (Å²) in [5.74, 6) is -3.53. The first-order chi connectivity index (χ1) is 12.7. The third kappa shape index (κ3) is 7.85. The zero-order valence-corrected chi connectivity index (χ0v) is 15.4. The van der Waals surface area contributed by atoms with E-state index >= 15 is 0 Å². The van der Waals surface area contributed by atoms with Crippen molar-refractivity contribution < 1.29 is 33.0 Å². The van der Waals surface area contributed by atoms with Gasteiger partial charge in [-0.05, 0) is 24.5 Å². The van der Waals surface area contributed by atoms with E-state index in [-0.39, 0.29) is 11.5 Å². The molecule has 0 bridgehead atoms. The van der Waals surface area contributed by atoms with Gasteiger partial charge in [-0.1, -0.05) is 26.0 Å². The molecule has 9 heteroatoms. The van der Waals surface area contributed by atoms with Crippen LogP contribution in [0.25, 0.3) is 0 Å². The van der Waals surface area contributed by atoms with Gasteiger partial charge < -0.3 is 20.1 Å². The van der Waals surface area contributed by atoms with Crippen LogP contribution in [0.2, 0.25) is 0 Å². The lowest BCUT2D eigenvalue weighted by Crippen LogP contribution is -2.44. The van der Waals surface area contributed by atoms with Crippen LogP contribution in [0.3, 0.4) is 0 Å². The highest BCUT2D eigenvalue weighted by atomic mass is 19.1. The van der Waals surface area contributed by atoms with Gasteiger partial charge in [0.15, 0.2) is 6.61 Å². The molecule has 0 heterocycles. The number of ether oxygens (including phenoxy) is 2. The van der Waals surface area contributed by atoms with Crippen LogP contribution in [0.1, 0.15) is 30.6 Å². The van der Waals surface area contributed by atoms with Gasteiger partial charge in [-0.2, -0.15) is 0 Å². The molecule has 148 valence electrons. The zero-order valence-electron chi connectivity index (χ0n) is 15.4. The summed E-state index contributed by atoms with van der Waals surface area (Å²) in [5, 5.41) is 4.62. The van der Waals surface area contributed by atoms with Crippen LogP contribution in [0.4, 0.5) is 4.39 Å². The van der Waals surface area contributed by atoms with Gasteiger partial charge in [0.05, 0.1) is 12.7 Å². The summed E-state index contributed by atoms with van der Waals surface area (Å²) < 4.78 is 22.8. The average molecular weight is 382 g/mol. The van der Waals surface area contributed by atoms with Crippen molar-refractivity contribution >= 4 is 23.8 Å². The van der Waals surface area contributed by atoms with Crippen molar-refractivity contribution in [3.8, 4) is 0 Å². The summed E-state index contributed by atoms with van der Waals surface area (Å²) in [5.41, 5.74) is -0.211. The van der Waals surface area contributed by atoms with Gasteiger partial charge in [0.1, 0.15) is 18.4 Å². The SMILES string of the molecule is COC(=O)[C@@H](CC(C)C)NC(=O)COC(=O)CNC(=O)c1ccccc1F. The van der Waals surface area contributed by atoms with Crippen molar-refractivity contribution in [1.29, 1.82) is 0 Å². The molecule has 0 unspecified atom stereocenters. The number of rotatable bonds is 9. The van der Waals surface area contributed by atoms with Crippen LogP contribution in [0.15, 0.2) is 24.3 Å². The van der Waals surface area contributed by atoms with E-state index in [9.17, 15) is 23.6 Å². The van der Waals surface area contributed by atoms with Gasteiger partial charge in [0.2, 0.25) is 0 Å². The van der Waals surface area contributed by atoms with Gasteiger partial charge in [-0.3, -0.25) is 14.4 Å². The lowest BCUT2D eigenvalue weighted by molar-refractivity contribution is -0.149. The molecule has 1 rings (SSSR count). The van der Waals surface area contributed by atoms with Crippen molar-refractivity contribution in [1.82, 2.24) is 10.6 Å². The predicted octanol–water partition coefficient (Wildman–Crippen LogP) is 0.803. The Morgan fingerprint density at radius 3 is 2.41 bits per heavy atom. The van der Waals surface area contributed by atoms with Crippen molar-refractivity contribution in [3.05, 3.63) is 35.6 Å². The highest BCUT2D eigenvalue weighted by molar-refractivity contribution is 5.96. The second kappa shape index (κ2) is 10.9. The molecule has 2 amide bonds. The average Bonchev–Trinajstić information content (AvgIpc) is 2.63. The minimum absolute atomic E-state index is 0.130. The molecule has 0 fully saturated rings. The predicted molar refractivity (Wildman–Crippen MR) is 93.1 cm³/mol. The molecule has 0 radical (unpaired) electrons. The lowest BCUT2D eigenvalue weighted by Gasteiger charge is -2.18. The van der Waals surface area contributed by atoms with Crippen LogP contribution in [0.5, 0.6) is 0 Å². The van der Waals surface area contributed by atoms with E-state index in [4.69, 9.17) is 4.74 Å². The first kappa shape index (κ1) is 22.1. The Hall–Kier alpha value is -2.97. The number of hydrogen-bond acceptors (Lipinski definition) is 6. The number of hydrogen-bond donors (Lipinski definition) is 2. The molecule has 0 saturated carbocycles. The molecule has 0 saturated heterocycles. The maximum atomic E-state index is 13.5. The van der Waals surface area contributed by atoms with Crippen molar-refractivity contribution in [2.45, 2.75) is 26.3 Å². The van der Waals surface area contributed by atoms with E-state index in [2.05, 4.69) is 15.4 Å². The highest BCUT2D eigenvalue weighted by Gasteiger charge is 2.23. The minimum atomic E-state index is -0.881. The van der Waals surface area contributed by atoms with E-state index in [0.29, 0.717) is 6.42 Å². The maximum Gasteiger partial charge on any atom is 0.328 e. The lowest BCUT2D eigenvalue weighted by atomic mass is 10.0. The number of carbonyl (C=O) groups is 4. The molecule has 0 aliphatic rings. The van der Waals surface area contributed by atoms with Crippen LogP contribution < -0.4 is 10.6 Å². The summed E-state index contributed by atoms with van der Waals surface area (Å²) in [4.78, 5) is 46.9. The Morgan fingerprint density at radius 1 is 1.15 bits per heavy atom. The molecule has 1 aromatic rings. The molecule has 2 N–H and O–H groups in total. The Morgan fingerprint density at radius 2 is 1.81 bits per heavy atom. The van der Waals surface area contributed by atoms with E-state index in [1.807, 2.05) is 13.8 Å². The zero-order chi connectivity index (χ0) is 20.4. The molecule has 0 aliphatic carbocycles. The fraction of sp³-hybridized carbons (Fsp3) is 0.444. The standard InChI is InChI=1S/C18H23FN2O6/c1-11(2)8-14(18(25)26-3)21-15(22)10-27-16(23)9-20-17(24)12-6-4-5-7-13(12)19/h4-7,11,14H,8-10H2,1-3H3,(H,20,24)(H,21,22)/t14-/m1/s1. The van der Waals surface area contributed by atoms with Gasteiger partial charge in [-0.25, -0.2) is 9.18 Å². The molecule has 0 aromatic heterocycles. The van der Waals surface area contributed by atoms with Gasteiger partial charge in [-0.15, -0.1) is 0 Å². The van der Waals surface area contributed by atoms with Crippen LogP contribution in [0, 0.1) is 11.7 Å². The summed E-state index contributed by atoms with van der Waals surface area (Å²) in [6, 6.07) is 4.45. The Bertz CT molecular complexity index is 692. The first-order valence-electron chi connectivity index (χ1n) is 8.30. The summed E-state index contributed by atoms with van der Waals surface area (Å²) >= 11 is 0. The highest BCUT2D eigenvalue weighted by Crippen LogP contribution is 2.07. The Kier molecular flexibility index (Phi) is 8.91. The second-order valence-electron chi connectivity index (χ2n) is 6.10. The molecular weight excluding hydrogens is 359 g/mol. The van der Waals surface area contributed by atoms with Gasteiger partial charge in [0.25, 0.3) is 11.8 Å². The number of amides is 2. The normalized spacial score (nSPS) is 11.4. The number of benzene rings is 1. The second-order valence-corrected chi connectivity index (χ2v) is 6.10. The summed E-state index contributed by atoms with van der Waals surface area (Å²) in [6.07, 6.45) is 0.366. The van der Waals surface area contributed by atoms with Gasteiger partial charge >= 0.3 is 11.9 Å². The van der Waals surface area contributed by atoms with E-state index < -0.39 is 48.8 Å². The van der Waals surface area contributed by atoms with E-state index in [1.165, 1.54) is 25.3 Å². The monoisotopic (exact) mass is 382 g/mol. The van der Waals surface area contributed by atoms with Gasteiger partial charge in [0, 0.05) is 0 Å². The fourth-order valence-corrected chi connectivity index (χ4v) is 2.15. The fourth-order valence-electron chi connectivity index (χ4n) is 2.15. The Labute approximate surface area is 156 Å². The van der Waals surface area contributed by atoms with Crippen molar-refractivity contribution in [3.63, 3.8) is 0 Å². The first-order valence-corrected chi connectivity index (χ1v) is 8.30. The van der Waals surface area contributed by atoms with Crippen molar-refractivity contribution in [2.24, 2.45) is 5.92 Å². The molecule has 27 heavy (non-hydrogen) atoms. The quantitative estimate of drug-likeness (QED) is 0.612. The molecule has 1 atom stereocenters. The number of methoxy groups -OCH3 is 1. The van der Waals surface area contributed by atoms with E-state index in [1.54, 1.807) is 0 Å². The van der Waals surface area contributed by atoms with Crippen LogP contribution in [-0.2, 0) is 23.9 Å². The van der Waals surface area contributed by atoms with Crippen molar-refractivity contribution in [2.75, 3.05) is 20.3 Å². The summed E-state index contributed by atoms with van der Waals surface area (Å²) in [6.45, 7) is 2.59. The molecular formula is C18H23FN2O6. The van der Waals surface area contributed by atoms with E-state index in [0.717, 1.165) is 6.07 Å². The third-order valence-electron chi connectivity index (χ3n) is 3.40. The number of halogens is 1. The smallest absolute Gasteiger partial charge is 0.328 e. The number of carbonyl (C=O) groups excluding carboxylic acids is 4. The molecule has 8 nitrogen and oxygen atoms in total. The minimum Gasteiger partial charge on any atom is -0.467 e. The molecule has 0 aliphatic heterocycles. The number of nitrogens with one attached hydrogen (secondary N) is 2.